The van der Waals surface area contributed by atoms with Gasteiger partial charge in [0.2, 0.25) is 0 Å². The molecule has 1 heterocycles. The van der Waals surface area contributed by atoms with E-state index in [0.717, 1.165) is 32.2 Å². The van der Waals surface area contributed by atoms with E-state index in [-0.39, 0.29) is 17.9 Å². The molecular formula is C14H18FN3O2. The summed E-state index contributed by atoms with van der Waals surface area (Å²) >= 11 is 0. The Kier molecular flexibility index (Phi) is 5.30. The van der Waals surface area contributed by atoms with Crippen LogP contribution in [0.25, 0.3) is 0 Å². The predicted octanol–water partition coefficient (Wildman–Crippen LogP) is 0.342. The fourth-order valence-corrected chi connectivity index (χ4v) is 2.12. The van der Waals surface area contributed by atoms with Crippen LogP contribution in [-0.2, 0) is 0 Å². The predicted molar refractivity (Wildman–Crippen MR) is 71.9 cm³/mol. The molecule has 0 aliphatic carbocycles. The molecule has 1 aromatic rings. The Balaban J connectivity index is 1.80. The molecule has 2 rings (SSSR count). The topological polar surface area (TPSA) is 68.5 Å². The zero-order chi connectivity index (χ0) is 14.4. The molecule has 108 valence electrons. The molecule has 1 aliphatic heterocycles. The number of β-amino-alcohol motifs (C(OH)–C–C–N with tert-alkyl or cyclic N) is 1. The molecule has 1 aliphatic rings. The number of nitriles is 1. The standard InChI is InChI=1S/C14H18FN3O2/c15-13-7-11(8-16)1-2-14(13)20-10-12(19)9-18-5-3-17-4-6-18/h1-2,7,12,17,19H,3-6,9-10H2. The summed E-state index contributed by atoms with van der Waals surface area (Å²) in [4.78, 5) is 2.14. The van der Waals surface area contributed by atoms with Crippen molar-refractivity contribution >= 4 is 0 Å². The van der Waals surface area contributed by atoms with Crippen LogP contribution < -0.4 is 10.1 Å². The van der Waals surface area contributed by atoms with Crippen molar-refractivity contribution in [3.05, 3.63) is 29.6 Å². The number of nitrogens with zero attached hydrogens (tertiary/aromatic N) is 2. The van der Waals surface area contributed by atoms with Gasteiger partial charge in [0.25, 0.3) is 0 Å². The van der Waals surface area contributed by atoms with E-state index in [1.165, 1.54) is 12.1 Å². The number of piperazine rings is 1. The second-order valence-electron chi connectivity index (χ2n) is 4.77. The first-order chi connectivity index (χ1) is 9.69. The minimum absolute atomic E-state index is 0.0345. The molecule has 2 N–H and O–H groups in total. The Bertz CT molecular complexity index is 484. The van der Waals surface area contributed by atoms with Crippen molar-refractivity contribution in [2.75, 3.05) is 39.3 Å². The van der Waals surface area contributed by atoms with Gasteiger partial charge in [0, 0.05) is 32.7 Å². The summed E-state index contributed by atoms with van der Waals surface area (Å²) < 4.78 is 18.8. The summed E-state index contributed by atoms with van der Waals surface area (Å²) in [6.07, 6.45) is -0.664. The second kappa shape index (κ2) is 7.20. The van der Waals surface area contributed by atoms with E-state index in [2.05, 4.69) is 10.2 Å². The molecule has 0 aromatic heterocycles. The van der Waals surface area contributed by atoms with Gasteiger partial charge in [0.1, 0.15) is 12.7 Å². The maximum atomic E-state index is 13.6. The Morgan fingerprint density at radius 1 is 1.45 bits per heavy atom. The van der Waals surface area contributed by atoms with Gasteiger partial charge in [-0.15, -0.1) is 0 Å². The fourth-order valence-electron chi connectivity index (χ4n) is 2.12. The van der Waals surface area contributed by atoms with Crippen molar-refractivity contribution in [3.8, 4) is 11.8 Å². The Morgan fingerprint density at radius 2 is 2.20 bits per heavy atom. The molecule has 20 heavy (non-hydrogen) atoms. The van der Waals surface area contributed by atoms with Gasteiger partial charge in [0.15, 0.2) is 11.6 Å². The average Bonchev–Trinajstić information content (AvgIpc) is 2.47. The van der Waals surface area contributed by atoms with Crippen LogP contribution in [0, 0.1) is 17.1 Å². The van der Waals surface area contributed by atoms with Crippen LogP contribution in [0.15, 0.2) is 18.2 Å². The van der Waals surface area contributed by atoms with Gasteiger partial charge < -0.3 is 15.2 Å². The summed E-state index contributed by atoms with van der Waals surface area (Å²) in [6.45, 7) is 4.16. The van der Waals surface area contributed by atoms with Crippen molar-refractivity contribution in [2.45, 2.75) is 6.10 Å². The summed E-state index contributed by atoms with van der Waals surface area (Å²) in [5.41, 5.74) is 0.246. The molecule has 1 unspecified atom stereocenters. The third-order valence-electron chi connectivity index (χ3n) is 3.17. The number of aliphatic hydroxyl groups is 1. The van der Waals surface area contributed by atoms with E-state index in [4.69, 9.17) is 10.00 Å². The van der Waals surface area contributed by atoms with E-state index in [0.29, 0.717) is 6.54 Å². The number of benzene rings is 1. The van der Waals surface area contributed by atoms with Crippen LogP contribution in [-0.4, -0.2) is 55.4 Å². The number of hydrogen-bond donors (Lipinski definition) is 2. The Labute approximate surface area is 117 Å². The Morgan fingerprint density at radius 3 is 2.85 bits per heavy atom. The molecular weight excluding hydrogens is 261 g/mol. The lowest BCUT2D eigenvalue weighted by Gasteiger charge is -2.29. The zero-order valence-electron chi connectivity index (χ0n) is 11.2. The molecule has 6 heteroatoms. The summed E-state index contributed by atoms with van der Waals surface area (Å²) in [5.74, 6) is -0.526. The highest BCUT2D eigenvalue weighted by Crippen LogP contribution is 2.18. The molecule has 1 fully saturated rings. The quantitative estimate of drug-likeness (QED) is 0.813. The van der Waals surface area contributed by atoms with Crippen LogP contribution in [0.4, 0.5) is 4.39 Å². The van der Waals surface area contributed by atoms with E-state index in [1.54, 1.807) is 0 Å². The SMILES string of the molecule is N#Cc1ccc(OCC(O)CN2CCNCC2)c(F)c1. The zero-order valence-corrected chi connectivity index (χ0v) is 11.2. The number of aliphatic hydroxyl groups excluding tert-OH is 1. The minimum Gasteiger partial charge on any atom is -0.488 e. The highest BCUT2D eigenvalue weighted by atomic mass is 19.1. The first-order valence-corrected chi connectivity index (χ1v) is 6.62. The number of ether oxygens (including phenoxy) is 1. The van der Waals surface area contributed by atoms with Gasteiger partial charge in [-0.3, -0.25) is 4.90 Å². The normalized spacial score (nSPS) is 17.4. The van der Waals surface area contributed by atoms with Crippen molar-refractivity contribution in [1.29, 1.82) is 5.26 Å². The summed E-state index contributed by atoms with van der Waals surface area (Å²) in [5, 5.41) is 21.8. The van der Waals surface area contributed by atoms with Crippen molar-refractivity contribution in [1.82, 2.24) is 10.2 Å². The van der Waals surface area contributed by atoms with Gasteiger partial charge in [-0.2, -0.15) is 5.26 Å². The lowest BCUT2D eigenvalue weighted by atomic mass is 10.2. The van der Waals surface area contributed by atoms with Gasteiger partial charge in [-0.25, -0.2) is 4.39 Å². The van der Waals surface area contributed by atoms with Crippen LogP contribution in [0.2, 0.25) is 0 Å². The molecule has 1 saturated heterocycles. The van der Waals surface area contributed by atoms with E-state index >= 15 is 0 Å². The minimum atomic E-state index is -0.664. The summed E-state index contributed by atoms with van der Waals surface area (Å²) in [7, 11) is 0. The average molecular weight is 279 g/mol. The van der Waals surface area contributed by atoms with Crippen LogP contribution >= 0.6 is 0 Å². The molecule has 0 amide bonds. The van der Waals surface area contributed by atoms with Gasteiger partial charge in [-0.1, -0.05) is 0 Å². The Hall–Kier alpha value is -1.68. The van der Waals surface area contributed by atoms with Crippen molar-refractivity contribution in [2.24, 2.45) is 0 Å². The monoisotopic (exact) mass is 279 g/mol. The fraction of sp³-hybridized carbons (Fsp3) is 0.500. The van der Waals surface area contributed by atoms with E-state index in [9.17, 15) is 9.50 Å². The number of hydrogen-bond acceptors (Lipinski definition) is 5. The number of nitrogens with one attached hydrogen (secondary N) is 1. The highest BCUT2D eigenvalue weighted by molar-refractivity contribution is 5.35. The van der Waals surface area contributed by atoms with Gasteiger partial charge in [-0.05, 0) is 18.2 Å². The molecule has 0 spiro atoms. The first kappa shape index (κ1) is 14.7. The van der Waals surface area contributed by atoms with Gasteiger partial charge >= 0.3 is 0 Å². The third kappa shape index (κ3) is 4.17. The van der Waals surface area contributed by atoms with Crippen LogP contribution in [0.5, 0.6) is 5.75 Å². The lowest BCUT2D eigenvalue weighted by molar-refractivity contribution is 0.0628. The van der Waals surface area contributed by atoms with E-state index in [1.807, 2.05) is 6.07 Å². The largest absolute Gasteiger partial charge is 0.488 e. The van der Waals surface area contributed by atoms with Crippen LogP contribution in [0.3, 0.4) is 0 Å². The molecule has 5 nitrogen and oxygen atoms in total. The molecule has 0 bridgehead atoms. The van der Waals surface area contributed by atoms with E-state index < -0.39 is 11.9 Å². The molecule has 0 saturated carbocycles. The number of halogens is 1. The maximum absolute atomic E-state index is 13.6. The highest BCUT2D eigenvalue weighted by Gasteiger charge is 2.15. The molecule has 1 atom stereocenters. The third-order valence-corrected chi connectivity index (χ3v) is 3.17. The first-order valence-electron chi connectivity index (χ1n) is 6.62. The summed E-state index contributed by atoms with van der Waals surface area (Å²) in [6, 6.07) is 5.87. The van der Waals surface area contributed by atoms with Gasteiger partial charge in [0.05, 0.1) is 11.6 Å². The van der Waals surface area contributed by atoms with Crippen molar-refractivity contribution < 1.29 is 14.2 Å². The molecule has 1 aromatic carbocycles. The maximum Gasteiger partial charge on any atom is 0.166 e. The van der Waals surface area contributed by atoms with Crippen molar-refractivity contribution in [3.63, 3.8) is 0 Å². The second-order valence-corrected chi connectivity index (χ2v) is 4.77. The van der Waals surface area contributed by atoms with Crippen LogP contribution in [0.1, 0.15) is 5.56 Å². The molecule has 0 radical (unpaired) electrons. The smallest absolute Gasteiger partial charge is 0.166 e. The number of rotatable bonds is 5. The lowest BCUT2D eigenvalue weighted by Crippen LogP contribution is -2.47.